The normalized spacial score (nSPS) is 18.0. The summed E-state index contributed by atoms with van der Waals surface area (Å²) in [5.41, 5.74) is -0.794. The lowest BCUT2D eigenvalue weighted by Crippen LogP contribution is -2.41. The summed E-state index contributed by atoms with van der Waals surface area (Å²) < 4.78 is 0. The third kappa shape index (κ3) is 3.03. The lowest BCUT2D eigenvalue weighted by molar-refractivity contribution is -0.153. The van der Waals surface area contributed by atoms with Gasteiger partial charge in [-0.3, -0.25) is 9.59 Å². The number of rotatable bonds is 6. The highest BCUT2D eigenvalue weighted by Gasteiger charge is 2.43. The molecule has 1 rings (SSSR count). The predicted octanol–water partition coefficient (Wildman–Crippen LogP) is 2.67. The summed E-state index contributed by atoms with van der Waals surface area (Å²) in [5, 5.41) is 9.38. The summed E-state index contributed by atoms with van der Waals surface area (Å²) in [7, 11) is 1.80. The molecule has 1 N–H and O–H groups in total. The molecule has 0 saturated heterocycles. The standard InChI is InChI=1S/C14H25NO3/c1-4-11(5-2)15(3)12(16)10-14(13(17)18)8-6-7-9-14/h11H,4-10H2,1-3H3,(H,17,18). The Hall–Kier alpha value is -1.06. The van der Waals surface area contributed by atoms with Gasteiger partial charge in [0.2, 0.25) is 5.91 Å². The van der Waals surface area contributed by atoms with E-state index in [9.17, 15) is 14.7 Å². The van der Waals surface area contributed by atoms with Gasteiger partial charge in [-0.15, -0.1) is 0 Å². The third-order valence-electron chi connectivity index (χ3n) is 4.39. The Morgan fingerprint density at radius 3 is 2.11 bits per heavy atom. The molecule has 0 unspecified atom stereocenters. The molecule has 1 fully saturated rings. The maximum Gasteiger partial charge on any atom is 0.310 e. The zero-order valence-corrected chi connectivity index (χ0v) is 11.7. The van der Waals surface area contributed by atoms with Crippen molar-refractivity contribution in [3.05, 3.63) is 0 Å². The van der Waals surface area contributed by atoms with Crippen LogP contribution in [0.2, 0.25) is 0 Å². The van der Waals surface area contributed by atoms with Crippen LogP contribution in [0.25, 0.3) is 0 Å². The first kappa shape index (κ1) is 15.0. The Labute approximate surface area is 109 Å². The molecular formula is C14H25NO3. The SMILES string of the molecule is CCC(CC)N(C)C(=O)CC1(C(=O)O)CCCC1. The average Bonchev–Trinajstić information content (AvgIpc) is 2.80. The summed E-state index contributed by atoms with van der Waals surface area (Å²) in [6, 6.07) is 0.227. The predicted molar refractivity (Wildman–Crippen MR) is 70.3 cm³/mol. The number of carbonyl (C=O) groups is 2. The van der Waals surface area contributed by atoms with Crippen molar-refractivity contribution in [2.45, 2.75) is 64.8 Å². The fraction of sp³-hybridized carbons (Fsp3) is 0.857. The maximum atomic E-state index is 12.2. The number of aliphatic carboxylic acids is 1. The number of amides is 1. The molecule has 4 heteroatoms. The van der Waals surface area contributed by atoms with Crippen LogP contribution in [-0.2, 0) is 9.59 Å². The molecule has 0 heterocycles. The molecule has 0 aromatic carbocycles. The van der Waals surface area contributed by atoms with E-state index >= 15 is 0 Å². The van der Waals surface area contributed by atoms with Crippen molar-refractivity contribution in [3.8, 4) is 0 Å². The lowest BCUT2D eigenvalue weighted by Gasteiger charge is -2.30. The molecular weight excluding hydrogens is 230 g/mol. The first-order valence-electron chi connectivity index (χ1n) is 6.96. The molecule has 0 atom stereocenters. The van der Waals surface area contributed by atoms with Gasteiger partial charge in [0.15, 0.2) is 0 Å². The van der Waals surface area contributed by atoms with Crippen LogP contribution in [0, 0.1) is 5.41 Å². The van der Waals surface area contributed by atoms with Gasteiger partial charge in [-0.25, -0.2) is 0 Å². The molecule has 1 amide bonds. The molecule has 0 bridgehead atoms. The van der Waals surface area contributed by atoms with E-state index in [2.05, 4.69) is 13.8 Å². The summed E-state index contributed by atoms with van der Waals surface area (Å²) >= 11 is 0. The monoisotopic (exact) mass is 255 g/mol. The molecule has 0 aromatic rings. The van der Waals surface area contributed by atoms with Gasteiger partial charge in [-0.1, -0.05) is 26.7 Å². The van der Waals surface area contributed by atoms with Crippen molar-refractivity contribution in [3.63, 3.8) is 0 Å². The van der Waals surface area contributed by atoms with Crippen molar-refractivity contribution in [1.82, 2.24) is 4.90 Å². The summed E-state index contributed by atoms with van der Waals surface area (Å²) in [6.45, 7) is 4.11. The van der Waals surface area contributed by atoms with Gasteiger partial charge in [0.25, 0.3) is 0 Å². The van der Waals surface area contributed by atoms with Crippen molar-refractivity contribution >= 4 is 11.9 Å². The quantitative estimate of drug-likeness (QED) is 0.793. The minimum absolute atomic E-state index is 0.0204. The van der Waals surface area contributed by atoms with Crippen LogP contribution in [0.15, 0.2) is 0 Å². The Bertz CT molecular complexity index is 304. The highest BCUT2D eigenvalue weighted by Crippen LogP contribution is 2.41. The minimum Gasteiger partial charge on any atom is -0.481 e. The van der Waals surface area contributed by atoms with Gasteiger partial charge in [0, 0.05) is 19.5 Å². The lowest BCUT2D eigenvalue weighted by atomic mass is 9.82. The molecule has 1 aliphatic carbocycles. The zero-order valence-electron chi connectivity index (χ0n) is 11.7. The fourth-order valence-electron chi connectivity index (χ4n) is 2.97. The molecule has 4 nitrogen and oxygen atoms in total. The highest BCUT2D eigenvalue weighted by molar-refractivity contribution is 5.85. The van der Waals surface area contributed by atoms with E-state index in [0.29, 0.717) is 12.8 Å². The number of hydrogen-bond donors (Lipinski definition) is 1. The number of carboxylic acid groups (broad SMARTS) is 1. The number of hydrogen-bond acceptors (Lipinski definition) is 2. The zero-order chi connectivity index (χ0) is 13.8. The van der Waals surface area contributed by atoms with Gasteiger partial charge in [0.05, 0.1) is 5.41 Å². The largest absolute Gasteiger partial charge is 0.481 e. The first-order valence-corrected chi connectivity index (χ1v) is 6.96. The molecule has 18 heavy (non-hydrogen) atoms. The first-order chi connectivity index (χ1) is 8.46. The van der Waals surface area contributed by atoms with Gasteiger partial charge >= 0.3 is 5.97 Å². The van der Waals surface area contributed by atoms with E-state index in [1.807, 2.05) is 0 Å². The molecule has 1 saturated carbocycles. The summed E-state index contributed by atoms with van der Waals surface area (Å²) in [4.78, 5) is 25.4. The van der Waals surface area contributed by atoms with Crippen molar-refractivity contribution in [1.29, 1.82) is 0 Å². The molecule has 0 aromatic heterocycles. The molecule has 1 aliphatic rings. The van der Waals surface area contributed by atoms with Gasteiger partial charge < -0.3 is 10.0 Å². The fourth-order valence-corrected chi connectivity index (χ4v) is 2.97. The van der Waals surface area contributed by atoms with Crippen LogP contribution in [0.5, 0.6) is 0 Å². The minimum atomic E-state index is -0.800. The maximum absolute atomic E-state index is 12.2. The Morgan fingerprint density at radius 1 is 1.22 bits per heavy atom. The van der Waals surface area contributed by atoms with Gasteiger partial charge in [0.1, 0.15) is 0 Å². The second-order valence-electron chi connectivity index (χ2n) is 5.44. The highest BCUT2D eigenvalue weighted by atomic mass is 16.4. The second kappa shape index (κ2) is 6.21. The van der Waals surface area contributed by atoms with Crippen molar-refractivity contribution in [2.75, 3.05) is 7.05 Å². The van der Waals surface area contributed by atoms with Crippen LogP contribution < -0.4 is 0 Å². The molecule has 0 spiro atoms. The van der Waals surface area contributed by atoms with Gasteiger partial charge in [-0.05, 0) is 25.7 Å². The summed E-state index contributed by atoms with van der Waals surface area (Å²) in [5.74, 6) is -0.820. The van der Waals surface area contributed by atoms with Crippen molar-refractivity contribution in [2.24, 2.45) is 5.41 Å². The van der Waals surface area contributed by atoms with Crippen LogP contribution in [0.4, 0.5) is 0 Å². The molecule has 104 valence electrons. The Kier molecular flexibility index (Phi) is 5.17. The molecule has 0 aliphatic heterocycles. The smallest absolute Gasteiger partial charge is 0.310 e. The number of nitrogens with zero attached hydrogens (tertiary/aromatic N) is 1. The van der Waals surface area contributed by atoms with Crippen LogP contribution in [0.3, 0.4) is 0 Å². The van der Waals surface area contributed by atoms with Crippen LogP contribution in [0.1, 0.15) is 58.8 Å². The Balaban J connectivity index is 2.70. The van der Waals surface area contributed by atoms with Crippen molar-refractivity contribution < 1.29 is 14.7 Å². The van der Waals surface area contributed by atoms with E-state index in [1.165, 1.54) is 0 Å². The number of carbonyl (C=O) groups excluding carboxylic acids is 1. The third-order valence-corrected chi connectivity index (χ3v) is 4.39. The van der Waals surface area contributed by atoms with E-state index in [0.717, 1.165) is 25.7 Å². The van der Waals surface area contributed by atoms with Crippen LogP contribution in [-0.4, -0.2) is 35.0 Å². The van der Waals surface area contributed by atoms with E-state index < -0.39 is 11.4 Å². The van der Waals surface area contributed by atoms with E-state index in [1.54, 1.807) is 11.9 Å². The molecule has 0 radical (unpaired) electrons. The Morgan fingerprint density at radius 2 is 1.72 bits per heavy atom. The average molecular weight is 255 g/mol. The van der Waals surface area contributed by atoms with E-state index in [4.69, 9.17) is 0 Å². The van der Waals surface area contributed by atoms with Crippen LogP contribution >= 0.6 is 0 Å². The van der Waals surface area contributed by atoms with E-state index in [-0.39, 0.29) is 18.4 Å². The van der Waals surface area contributed by atoms with Gasteiger partial charge in [-0.2, -0.15) is 0 Å². The topological polar surface area (TPSA) is 57.6 Å². The number of carboxylic acids is 1. The summed E-state index contributed by atoms with van der Waals surface area (Å²) in [6.07, 6.45) is 5.13. The second-order valence-corrected chi connectivity index (χ2v) is 5.44.